The van der Waals surface area contributed by atoms with E-state index in [2.05, 4.69) is 58.7 Å². The van der Waals surface area contributed by atoms with Crippen LogP contribution in [0.15, 0.2) is 121 Å². The van der Waals surface area contributed by atoms with Gasteiger partial charge in [-0.05, 0) is 41.7 Å². The first kappa shape index (κ1) is 32.3. The van der Waals surface area contributed by atoms with Crippen molar-refractivity contribution in [3.63, 3.8) is 0 Å². The third-order valence-corrected chi connectivity index (χ3v) is 6.70. The van der Waals surface area contributed by atoms with Gasteiger partial charge in [-0.3, -0.25) is 4.90 Å². The van der Waals surface area contributed by atoms with Gasteiger partial charge in [0.05, 0.1) is 0 Å². The van der Waals surface area contributed by atoms with Gasteiger partial charge in [-0.1, -0.05) is 109 Å². The summed E-state index contributed by atoms with van der Waals surface area (Å²) >= 11 is 0. The Morgan fingerprint density at radius 3 is 1.56 bits per heavy atom. The third-order valence-electron chi connectivity index (χ3n) is 6.70. The molecular formula is C33H39Cl2FN2O. The van der Waals surface area contributed by atoms with E-state index in [1.165, 1.54) is 11.1 Å². The Kier molecular flexibility index (Phi) is 14.6. The molecule has 1 fully saturated rings. The van der Waals surface area contributed by atoms with Crippen LogP contribution >= 0.6 is 24.8 Å². The van der Waals surface area contributed by atoms with Crippen LogP contribution in [0.3, 0.4) is 0 Å². The van der Waals surface area contributed by atoms with Gasteiger partial charge in [0.25, 0.3) is 0 Å². The van der Waals surface area contributed by atoms with Gasteiger partial charge in [0.2, 0.25) is 0 Å². The smallest absolute Gasteiger partial charge is 0.138 e. The number of hydrogen-bond donors (Lipinski definition) is 1. The maximum absolute atomic E-state index is 15.0. The van der Waals surface area contributed by atoms with E-state index in [9.17, 15) is 0 Å². The molecule has 4 aromatic rings. The van der Waals surface area contributed by atoms with Gasteiger partial charge >= 0.3 is 0 Å². The molecule has 1 saturated heterocycles. The van der Waals surface area contributed by atoms with Crippen molar-refractivity contribution in [1.82, 2.24) is 10.2 Å². The predicted octanol–water partition coefficient (Wildman–Crippen LogP) is 7.85. The summed E-state index contributed by atoms with van der Waals surface area (Å²) in [6.45, 7) is 4.91. The molecule has 0 aliphatic carbocycles. The van der Waals surface area contributed by atoms with Crippen molar-refractivity contribution in [2.75, 3.05) is 26.2 Å². The van der Waals surface area contributed by atoms with Crippen LogP contribution in [0.1, 0.15) is 29.5 Å². The van der Waals surface area contributed by atoms with Crippen LogP contribution < -0.4 is 10.1 Å². The van der Waals surface area contributed by atoms with Crippen LogP contribution in [0.5, 0.6) is 5.75 Å². The zero-order valence-corrected chi connectivity index (χ0v) is 23.9. The molecule has 5 rings (SSSR count). The fraction of sp³-hybridized carbons (Fsp3) is 0.273. The fourth-order valence-corrected chi connectivity index (χ4v) is 4.51. The highest BCUT2D eigenvalue weighted by molar-refractivity contribution is 5.85. The third kappa shape index (κ3) is 11.0. The normalized spacial score (nSPS) is 14.1. The molecule has 1 aliphatic rings. The standard InChI is InChI=1S/C19H22FNO.C14H15N.2ClH/c20-19(17-7-3-1-4-8-17)11-13-21(14-12-19)15-16-22-18-9-5-2-6-10-18;1-3-7-13(8-4-1)11-15-12-14-9-5-2-6-10-14;;/h1-10H,11-16H2;1-10,15H,11-12H2;2*1H. The Balaban J connectivity index is 0.000000277. The predicted molar refractivity (Wildman–Crippen MR) is 165 cm³/mol. The van der Waals surface area contributed by atoms with Crippen LogP contribution in [0.25, 0.3) is 0 Å². The number of piperidine rings is 1. The molecule has 1 aliphatic heterocycles. The topological polar surface area (TPSA) is 24.5 Å². The Bertz CT molecular complexity index is 1100. The van der Waals surface area contributed by atoms with E-state index in [4.69, 9.17) is 4.74 Å². The number of halogens is 3. The second-order valence-electron chi connectivity index (χ2n) is 9.41. The molecule has 0 radical (unpaired) electrons. The number of likely N-dealkylation sites (tertiary alicyclic amines) is 1. The first-order valence-corrected chi connectivity index (χ1v) is 13.1. The summed E-state index contributed by atoms with van der Waals surface area (Å²) in [6.07, 6.45) is 1.12. The van der Waals surface area contributed by atoms with Gasteiger partial charge in [0.1, 0.15) is 18.0 Å². The minimum atomic E-state index is -1.17. The lowest BCUT2D eigenvalue weighted by atomic mass is 9.86. The average Bonchev–Trinajstić information content (AvgIpc) is 2.97. The van der Waals surface area contributed by atoms with Gasteiger partial charge in [-0.15, -0.1) is 24.8 Å². The highest BCUT2D eigenvalue weighted by Gasteiger charge is 2.35. The molecular weight excluding hydrogens is 530 g/mol. The van der Waals surface area contributed by atoms with Crippen molar-refractivity contribution in [2.45, 2.75) is 31.6 Å². The van der Waals surface area contributed by atoms with E-state index in [1.807, 2.05) is 72.8 Å². The molecule has 0 aromatic heterocycles. The van der Waals surface area contributed by atoms with E-state index >= 15 is 4.39 Å². The zero-order valence-electron chi connectivity index (χ0n) is 22.3. The number of alkyl halides is 1. The first-order valence-electron chi connectivity index (χ1n) is 13.1. The Hall–Kier alpha value is -2.89. The number of ether oxygens (including phenoxy) is 1. The van der Waals surface area contributed by atoms with Gasteiger partial charge in [-0.2, -0.15) is 0 Å². The van der Waals surface area contributed by atoms with Gasteiger partial charge < -0.3 is 10.1 Å². The van der Waals surface area contributed by atoms with Crippen molar-refractivity contribution in [2.24, 2.45) is 0 Å². The number of nitrogens with one attached hydrogen (secondary N) is 1. The molecule has 0 amide bonds. The highest BCUT2D eigenvalue weighted by Crippen LogP contribution is 2.36. The number of hydrogen-bond acceptors (Lipinski definition) is 3. The lowest BCUT2D eigenvalue weighted by Gasteiger charge is -2.36. The minimum absolute atomic E-state index is 0. The number of nitrogens with zero attached hydrogens (tertiary/aromatic N) is 1. The summed E-state index contributed by atoms with van der Waals surface area (Å²) in [5.74, 6) is 0.892. The number of para-hydroxylation sites is 1. The Labute approximate surface area is 245 Å². The van der Waals surface area contributed by atoms with Crippen molar-refractivity contribution in [3.8, 4) is 5.75 Å². The van der Waals surface area contributed by atoms with E-state index in [1.54, 1.807) is 0 Å². The maximum Gasteiger partial charge on any atom is 0.138 e. The molecule has 0 atom stereocenters. The van der Waals surface area contributed by atoms with Crippen LogP contribution in [0.4, 0.5) is 4.39 Å². The summed E-state index contributed by atoms with van der Waals surface area (Å²) < 4.78 is 20.7. The molecule has 208 valence electrons. The molecule has 0 spiro atoms. The lowest BCUT2D eigenvalue weighted by molar-refractivity contribution is 0.0501. The maximum atomic E-state index is 15.0. The number of benzene rings is 4. The average molecular weight is 570 g/mol. The van der Waals surface area contributed by atoms with Crippen LogP contribution in [0, 0.1) is 0 Å². The van der Waals surface area contributed by atoms with E-state index in [0.29, 0.717) is 19.4 Å². The molecule has 3 nitrogen and oxygen atoms in total. The summed E-state index contributed by atoms with van der Waals surface area (Å²) in [5.41, 5.74) is 2.30. The second-order valence-corrected chi connectivity index (χ2v) is 9.41. The second kappa shape index (κ2) is 17.6. The molecule has 1 heterocycles. The molecule has 39 heavy (non-hydrogen) atoms. The first-order chi connectivity index (χ1) is 18.2. The highest BCUT2D eigenvalue weighted by atomic mass is 35.5. The van der Waals surface area contributed by atoms with Crippen molar-refractivity contribution in [1.29, 1.82) is 0 Å². The van der Waals surface area contributed by atoms with E-state index in [0.717, 1.165) is 44.0 Å². The quantitative estimate of drug-likeness (QED) is 0.222. The summed E-state index contributed by atoms with van der Waals surface area (Å²) in [7, 11) is 0. The van der Waals surface area contributed by atoms with Crippen molar-refractivity contribution < 1.29 is 9.13 Å². The molecule has 4 aromatic carbocycles. The molecule has 1 N–H and O–H groups in total. The number of rotatable bonds is 9. The molecule has 0 bridgehead atoms. The van der Waals surface area contributed by atoms with E-state index < -0.39 is 5.67 Å². The minimum Gasteiger partial charge on any atom is -0.492 e. The summed E-state index contributed by atoms with van der Waals surface area (Å²) in [5, 5.41) is 3.42. The SMILES string of the molecule is Cl.Cl.FC1(c2ccccc2)CCN(CCOc2ccccc2)CC1.c1ccc(CNCc2ccccc2)cc1. The largest absolute Gasteiger partial charge is 0.492 e. The molecule has 6 heteroatoms. The summed E-state index contributed by atoms with van der Waals surface area (Å²) in [4.78, 5) is 2.28. The Morgan fingerprint density at radius 1 is 0.641 bits per heavy atom. The molecule has 0 unspecified atom stereocenters. The van der Waals surface area contributed by atoms with Gasteiger partial charge in [0.15, 0.2) is 0 Å². The van der Waals surface area contributed by atoms with E-state index in [-0.39, 0.29) is 24.8 Å². The monoisotopic (exact) mass is 568 g/mol. The lowest BCUT2D eigenvalue weighted by Crippen LogP contribution is -2.41. The van der Waals surface area contributed by atoms with Crippen LogP contribution in [0.2, 0.25) is 0 Å². The van der Waals surface area contributed by atoms with Crippen LogP contribution in [-0.4, -0.2) is 31.1 Å². The zero-order chi connectivity index (χ0) is 25.6. The van der Waals surface area contributed by atoms with Crippen molar-refractivity contribution in [3.05, 3.63) is 138 Å². The molecule has 0 saturated carbocycles. The summed E-state index contributed by atoms with van der Waals surface area (Å²) in [6, 6.07) is 40.3. The van der Waals surface area contributed by atoms with Gasteiger partial charge in [-0.25, -0.2) is 4.39 Å². The fourth-order valence-electron chi connectivity index (χ4n) is 4.51. The van der Waals surface area contributed by atoms with Crippen molar-refractivity contribution >= 4 is 24.8 Å². The Morgan fingerprint density at radius 2 is 1.08 bits per heavy atom. The van der Waals surface area contributed by atoms with Gasteiger partial charge in [0, 0.05) is 32.7 Å². The van der Waals surface area contributed by atoms with Crippen LogP contribution in [-0.2, 0) is 18.8 Å².